The fraction of sp³-hybridized carbons (Fsp3) is 0.686. The molecular weight excluding hydrogens is 856 g/mol. The van der Waals surface area contributed by atoms with Crippen molar-refractivity contribution in [2.24, 2.45) is 17.8 Å². The van der Waals surface area contributed by atoms with Gasteiger partial charge in [0.25, 0.3) is 0 Å². The molecule has 3 aliphatic heterocycles. The first kappa shape index (κ1) is 51.9. The molecular formula is C51H75ClO13. The number of halogens is 1. The number of ether oxygens (including phenoxy) is 8. The summed E-state index contributed by atoms with van der Waals surface area (Å²) in [6, 6.07) is 12.4. The third-order valence-electron chi connectivity index (χ3n) is 14.2. The smallest absolute Gasteiger partial charge is 0.229 e. The molecule has 0 aromatic heterocycles. The molecule has 2 aromatic rings. The molecule has 3 heterocycles. The van der Waals surface area contributed by atoms with Gasteiger partial charge in [0, 0.05) is 37.2 Å². The van der Waals surface area contributed by atoms with Crippen molar-refractivity contribution in [3.05, 3.63) is 76.3 Å². The molecule has 0 spiro atoms. The second kappa shape index (κ2) is 23.7. The van der Waals surface area contributed by atoms with Crippen LogP contribution in [0.5, 0.6) is 0 Å². The number of aliphatic hydroxyl groups excluding tert-OH is 5. The minimum Gasteiger partial charge on any atom is -0.462 e. The molecule has 0 bridgehead atoms. The van der Waals surface area contributed by atoms with Crippen molar-refractivity contribution in [2.75, 3.05) is 20.8 Å². The first-order valence-electron chi connectivity index (χ1n) is 23.8. The molecule has 364 valence electrons. The van der Waals surface area contributed by atoms with E-state index in [0.29, 0.717) is 41.5 Å². The van der Waals surface area contributed by atoms with Crippen LogP contribution >= 0.6 is 11.6 Å². The quantitative estimate of drug-likeness (QED) is 0.0801. The van der Waals surface area contributed by atoms with Gasteiger partial charge >= 0.3 is 0 Å². The number of methoxy groups -OCH3 is 2. The first-order valence-corrected chi connectivity index (χ1v) is 24.1. The summed E-state index contributed by atoms with van der Waals surface area (Å²) in [5.41, 5.74) is 5.66. The zero-order valence-electron chi connectivity index (χ0n) is 39.5. The zero-order chi connectivity index (χ0) is 47.1. The maximum absolute atomic E-state index is 11.7. The van der Waals surface area contributed by atoms with Gasteiger partial charge in [-0.25, -0.2) is 0 Å². The summed E-state index contributed by atoms with van der Waals surface area (Å²) < 4.78 is 49.7. The summed E-state index contributed by atoms with van der Waals surface area (Å²) in [7, 11) is 3.31. The van der Waals surface area contributed by atoms with Crippen LogP contribution in [0.4, 0.5) is 0 Å². The fourth-order valence-electron chi connectivity index (χ4n) is 9.80. The highest BCUT2D eigenvalue weighted by Crippen LogP contribution is 2.42. The van der Waals surface area contributed by atoms with Gasteiger partial charge in [-0.05, 0) is 79.7 Å². The third-order valence-corrected chi connectivity index (χ3v) is 14.6. The average molecular weight is 932 g/mol. The standard InChI is InChI=1S/C51H75ClO13/c1-10-28(4)31(7)60-46-30(6)50(61-36(11-2)48(46)58-8)65-47-38(63-49(59-9)29(5)42(47)54)17-13-15-27(3)14-12-16-32-18-20-33(21-19-32)35-24-22-34-23-25-37(40(34)41(35)52)62-51-45(57)44(56)43(55)39(26-53)64-51/h18-22,24-25,27,29-31,36,38-39,42-51,53-57H,4,10-17,23,26H2,1-3,5-9H3. The molecule has 5 N–H and O–H groups in total. The van der Waals surface area contributed by atoms with Crippen molar-refractivity contribution in [2.45, 2.75) is 185 Å². The summed E-state index contributed by atoms with van der Waals surface area (Å²) >= 11 is 7.03. The highest BCUT2D eigenvalue weighted by atomic mass is 35.5. The summed E-state index contributed by atoms with van der Waals surface area (Å²) in [4.78, 5) is 0. The van der Waals surface area contributed by atoms with E-state index in [1.54, 1.807) is 14.2 Å². The fourth-order valence-corrected chi connectivity index (χ4v) is 10.2. The van der Waals surface area contributed by atoms with Crippen LogP contribution in [-0.2, 0) is 50.7 Å². The van der Waals surface area contributed by atoms with E-state index in [1.165, 1.54) is 5.56 Å². The lowest BCUT2D eigenvalue weighted by atomic mass is 9.87. The Bertz CT molecular complexity index is 1860. The molecule has 3 saturated heterocycles. The molecule has 14 heteroatoms. The van der Waals surface area contributed by atoms with Crippen molar-refractivity contribution < 1.29 is 63.4 Å². The van der Waals surface area contributed by atoms with Crippen LogP contribution in [0, 0.1) is 17.8 Å². The Labute approximate surface area is 391 Å². The summed E-state index contributed by atoms with van der Waals surface area (Å²) in [6.45, 7) is 16.1. The number of aliphatic hydroxyl groups is 5. The molecule has 0 saturated carbocycles. The normalized spacial score (nSPS) is 34.7. The second-order valence-electron chi connectivity index (χ2n) is 18.7. The minimum atomic E-state index is -1.54. The van der Waals surface area contributed by atoms with E-state index in [9.17, 15) is 25.5 Å². The van der Waals surface area contributed by atoms with Crippen LogP contribution in [0.1, 0.15) is 103 Å². The number of hydrogen-bond donors (Lipinski definition) is 5. The largest absolute Gasteiger partial charge is 0.462 e. The lowest BCUT2D eigenvalue weighted by molar-refractivity contribution is -0.344. The van der Waals surface area contributed by atoms with E-state index in [0.717, 1.165) is 60.8 Å². The van der Waals surface area contributed by atoms with Gasteiger partial charge in [-0.1, -0.05) is 108 Å². The lowest BCUT2D eigenvalue weighted by Gasteiger charge is -2.49. The van der Waals surface area contributed by atoms with Crippen molar-refractivity contribution in [3.63, 3.8) is 0 Å². The predicted octanol–water partition coefficient (Wildman–Crippen LogP) is 7.13. The van der Waals surface area contributed by atoms with Crippen molar-refractivity contribution in [1.82, 2.24) is 0 Å². The first-order chi connectivity index (χ1) is 31.1. The molecule has 3 fully saturated rings. The Morgan fingerprint density at radius 1 is 0.785 bits per heavy atom. The van der Waals surface area contributed by atoms with Crippen LogP contribution < -0.4 is 0 Å². The van der Waals surface area contributed by atoms with Gasteiger partial charge in [-0.2, -0.15) is 0 Å². The van der Waals surface area contributed by atoms with E-state index in [-0.39, 0.29) is 42.4 Å². The van der Waals surface area contributed by atoms with Gasteiger partial charge in [0.2, 0.25) is 6.29 Å². The van der Waals surface area contributed by atoms with Gasteiger partial charge in [0.15, 0.2) is 12.6 Å². The van der Waals surface area contributed by atoms with Crippen LogP contribution in [0.25, 0.3) is 16.9 Å². The Balaban J connectivity index is 1.01. The van der Waals surface area contributed by atoms with Crippen LogP contribution in [0.2, 0.25) is 5.02 Å². The Kier molecular flexibility index (Phi) is 18.9. The molecule has 1 aliphatic carbocycles. The lowest BCUT2D eigenvalue weighted by Crippen LogP contribution is -2.61. The molecule has 13 nitrogen and oxygen atoms in total. The molecule has 0 radical (unpaired) electrons. The molecule has 65 heavy (non-hydrogen) atoms. The van der Waals surface area contributed by atoms with Gasteiger partial charge < -0.3 is 63.4 Å². The minimum absolute atomic E-state index is 0.155. The van der Waals surface area contributed by atoms with E-state index < -0.39 is 62.1 Å². The van der Waals surface area contributed by atoms with Crippen molar-refractivity contribution >= 4 is 17.4 Å². The summed E-state index contributed by atoms with van der Waals surface area (Å²) in [6.07, 6.45) is -1.31. The Hall–Kier alpha value is -2.47. The number of hydrogen-bond acceptors (Lipinski definition) is 13. The van der Waals surface area contributed by atoms with Gasteiger partial charge in [0.1, 0.15) is 42.4 Å². The van der Waals surface area contributed by atoms with Gasteiger partial charge in [-0.15, -0.1) is 0 Å². The van der Waals surface area contributed by atoms with Gasteiger partial charge in [0.05, 0.1) is 42.1 Å². The van der Waals surface area contributed by atoms with Crippen LogP contribution in [-0.4, -0.2) is 132 Å². The third kappa shape index (κ3) is 11.9. The maximum atomic E-state index is 11.7. The van der Waals surface area contributed by atoms with Gasteiger partial charge in [-0.3, -0.25) is 0 Å². The summed E-state index contributed by atoms with van der Waals surface area (Å²) in [5.74, 6) is 0.400. The number of fused-ring (bicyclic) bond motifs is 1. The number of rotatable bonds is 21. The Morgan fingerprint density at radius 2 is 1.48 bits per heavy atom. The van der Waals surface area contributed by atoms with E-state index in [4.69, 9.17) is 49.5 Å². The van der Waals surface area contributed by atoms with Crippen LogP contribution in [0.15, 0.2) is 54.6 Å². The molecule has 4 aliphatic rings. The molecule has 17 atom stereocenters. The maximum Gasteiger partial charge on any atom is 0.229 e. The molecule has 6 rings (SSSR count). The van der Waals surface area contributed by atoms with E-state index in [1.807, 2.05) is 32.1 Å². The Morgan fingerprint density at radius 3 is 2.14 bits per heavy atom. The van der Waals surface area contributed by atoms with Crippen molar-refractivity contribution in [1.29, 1.82) is 0 Å². The molecule has 0 amide bonds. The number of allylic oxidation sites excluding steroid dienone is 1. The zero-order valence-corrected chi connectivity index (χ0v) is 40.3. The van der Waals surface area contributed by atoms with E-state index >= 15 is 0 Å². The average Bonchev–Trinajstić information content (AvgIpc) is 3.72. The monoisotopic (exact) mass is 930 g/mol. The molecule has 17 unspecified atom stereocenters. The number of aryl methyl sites for hydroxylation is 1. The summed E-state index contributed by atoms with van der Waals surface area (Å²) in [5, 5.41) is 52.8. The molecule has 2 aromatic carbocycles. The SMILES string of the molecule is C=C(CC)C(C)OC1C(C)C(OC2C(CCCC(C)CCCc3ccc(-c4ccc5c(c4Cl)C(OC4OC(CO)C(O)C(O)C4O)=CC5)cc3)OC(OC)C(C)C2O)OC(CC)C1OC. The highest BCUT2D eigenvalue weighted by Gasteiger charge is 2.50. The van der Waals surface area contributed by atoms with E-state index in [2.05, 4.69) is 58.5 Å². The van der Waals surface area contributed by atoms with Crippen molar-refractivity contribution in [3.8, 4) is 11.1 Å². The second-order valence-corrected chi connectivity index (χ2v) is 19.0. The number of benzene rings is 2. The topological polar surface area (TPSA) is 175 Å². The van der Waals surface area contributed by atoms with Crippen LogP contribution in [0.3, 0.4) is 0 Å². The highest BCUT2D eigenvalue weighted by molar-refractivity contribution is 6.35. The predicted molar refractivity (Wildman–Crippen MR) is 248 cm³/mol.